The molecule has 2 unspecified atom stereocenters. The van der Waals surface area contributed by atoms with Crippen LogP contribution in [0.2, 0.25) is 0 Å². The number of aryl methyl sites for hydroxylation is 1. The van der Waals surface area contributed by atoms with Gasteiger partial charge >= 0.3 is 0 Å². The normalized spacial score (nSPS) is 20.7. The molecule has 8 rings (SSSR count). The highest BCUT2D eigenvalue weighted by molar-refractivity contribution is 5.86. The van der Waals surface area contributed by atoms with Gasteiger partial charge in [-0.05, 0) is 43.2 Å². The molecule has 4 aliphatic heterocycles. The molecule has 0 N–H and O–H groups in total. The highest BCUT2D eigenvalue weighted by Gasteiger charge is 2.44. The van der Waals surface area contributed by atoms with Crippen molar-refractivity contribution >= 4 is 22.9 Å². The number of pyridine rings is 3. The Labute approximate surface area is 239 Å². The van der Waals surface area contributed by atoms with Crippen molar-refractivity contribution in [1.29, 1.82) is 5.26 Å². The summed E-state index contributed by atoms with van der Waals surface area (Å²) in [6.07, 6.45) is 8.75. The summed E-state index contributed by atoms with van der Waals surface area (Å²) in [7, 11) is 0. The zero-order valence-electron chi connectivity index (χ0n) is 23.4. The van der Waals surface area contributed by atoms with Gasteiger partial charge in [0.05, 0.1) is 29.2 Å². The van der Waals surface area contributed by atoms with Crippen LogP contribution in [0.5, 0.6) is 0 Å². The third kappa shape index (κ3) is 4.66. The van der Waals surface area contributed by atoms with Crippen LogP contribution in [0.15, 0.2) is 55.1 Å². The average Bonchev–Trinajstić information content (AvgIpc) is 3.44. The molecule has 4 aromatic rings. The number of aromatic nitrogens is 4. The van der Waals surface area contributed by atoms with Crippen LogP contribution in [0.25, 0.3) is 16.6 Å². The van der Waals surface area contributed by atoms with E-state index < -0.39 is 0 Å². The minimum atomic E-state index is 0.111. The summed E-state index contributed by atoms with van der Waals surface area (Å²) in [6.45, 7) is 9.42. The Hall–Kier alpha value is -4.49. The van der Waals surface area contributed by atoms with Gasteiger partial charge in [-0.25, -0.2) is 9.50 Å². The van der Waals surface area contributed by atoms with Crippen LogP contribution >= 0.6 is 0 Å². The van der Waals surface area contributed by atoms with Crippen molar-refractivity contribution in [2.24, 2.45) is 0 Å². The maximum Gasteiger partial charge on any atom is 0.219 e. The fourth-order valence-corrected chi connectivity index (χ4v) is 6.53. The van der Waals surface area contributed by atoms with Gasteiger partial charge in [-0.15, -0.1) is 0 Å². The Bertz CT molecular complexity index is 1620. The van der Waals surface area contributed by atoms with Crippen LogP contribution in [0, 0.1) is 18.3 Å². The molecule has 4 aliphatic rings. The predicted molar refractivity (Wildman–Crippen MR) is 157 cm³/mol. The minimum absolute atomic E-state index is 0.111. The number of carbonyl (C=O) groups excluding carboxylic acids is 1. The minimum Gasteiger partial charge on any atom is -0.367 e. The molecule has 0 saturated carbocycles. The summed E-state index contributed by atoms with van der Waals surface area (Å²) >= 11 is 0. The van der Waals surface area contributed by atoms with Gasteiger partial charge < -0.3 is 14.7 Å². The molecule has 4 fully saturated rings. The number of amides is 1. The van der Waals surface area contributed by atoms with Crippen LogP contribution in [-0.4, -0.2) is 86.6 Å². The number of rotatable bonds is 5. The third-order valence-electron chi connectivity index (χ3n) is 8.87. The molecule has 0 aliphatic carbocycles. The lowest BCUT2D eigenvalue weighted by Gasteiger charge is -2.56. The Kier molecular flexibility index (Phi) is 6.31. The van der Waals surface area contributed by atoms with Crippen molar-refractivity contribution in [2.45, 2.75) is 38.9 Å². The molecule has 0 aromatic carbocycles. The van der Waals surface area contributed by atoms with E-state index in [1.54, 1.807) is 17.6 Å². The van der Waals surface area contributed by atoms with Crippen molar-refractivity contribution in [3.63, 3.8) is 0 Å². The lowest BCUT2D eigenvalue weighted by atomic mass is 9.87. The van der Waals surface area contributed by atoms with Gasteiger partial charge in [0.15, 0.2) is 0 Å². The largest absolute Gasteiger partial charge is 0.367 e. The first-order chi connectivity index (χ1) is 20.0. The van der Waals surface area contributed by atoms with Crippen LogP contribution < -0.4 is 9.80 Å². The quantitative estimate of drug-likeness (QED) is 0.376. The summed E-state index contributed by atoms with van der Waals surface area (Å²) in [5.41, 5.74) is 6.56. The van der Waals surface area contributed by atoms with Gasteiger partial charge in [0.25, 0.3) is 0 Å². The first-order valence-corrected chi connectivity index (χ1v) is 14.3. The summed E-state index contributed by atoms with van der Waals surface area (Å²) in [5, 5.41) is 14.3. The van der Waals surface area contributed by atoms with E-state index in [4.69, 9.17) is 4.98 Å². The Morgan fingerprint density at radius 3 is 2.46 bits per heavy atom. The number of carbonyl (C=O) groups is 1. The van der Waals surface area contributed by atoms with Gasteiger partial charge in [0.2, 0.25) is 5.91 Å². The first-order valence-electron chi connectivity index (χ1n) is 14.3. The summed E-state index contributed by atoms with van der Waals surface area (Å²) in [4.78, 5) is 30.3. The topological polar surface area (TPSA) is 96.9 Å². The molecule has 4 aromatic heterocycles. The third-order valence-corrected chi connectivity index (χ3v) is 8.87. The maximum absolute atomic E-state index is 11.8. The van der Waals surface area contributed by atoms with Crippen LogP contribution in [0.1, 0.15) is 30.2 Å². The summed E-state index contributed by atoms with van der Waals surface area (Å²) in [5.74, 6) is 1.10. The standard InChI is InChI=1S/C31H33N9O/c1-21-3-4-23(14-33-21)17-39-27-11-28(39)19-38(18-27)30-6-5-24(15-34-30)29-12-26(20-40-31(29)25(13-32)16-35-40)37-9-7-36(8-10-37)22(2)41/h3-6,12,14-16,20,27-28H,7-11,17-19H2,1-2H3. The number of nitriles is 1. The van der Waals surface area contributed by atoms with E-state index in [9.17, 15) is 10.1 Å². The molecule has 10 nitrogen and oxygen atoms in total. The second-order valence-electron chi connectivity index (χ2n) is 11.4. The predicted octanol–water partition coefficient (Wildman–Crippen LogP) is 3.10. The molecule has 10 heteroatoms. The van der Waals surface area contributed by atoms with E-state index in [1.165, 1.54) is 12.0 Å². The van der Waals surface area contributed by atoms with E-state index in [0.29, 0.717) is 30.7 Å². The molecule has 4 saturated heterocycles. The molecular weight excluding hydrogens is 514 g/mol. The number of hydrogen-bond donors (Lipinski definition) is 0. The van der Waals surface area contributed by atoms with Crippen molar-refractivity contribution in [2.75, 3.05) is 49.1 Å². The zero-order valence-corrected chi connectivity index (χ0v) is 23.4. The molecule has 41 heavy (non-hydrogen) atoms. The molecule has 1 amide bonds. The van der Waals surface area contributed by atoms with Gasteiger partial charge in [-0.2, -0.15) is 10.4 Å². The molecule has 0 radical (unpaired) electrons. The number of nitrogens with zero attached hydrogens (tertiary/aromatic N) is 9. The fraction of sp³-hybridized carbons (Fsp3) is 0.387. The molecular formula is C31H33N9O. The molecule has 0 spiro atoms. The SMILES string of the molecule is CC(=O)N1CCN(c2cc(-c3ccc(N4CC5CC(C4)N5Cc4ccc(C)nc4)nc3)c3c(C#N)cnn3c2)CC1. The second-order valence-corrected chi connectivity index (χ2v) is 11.4. The average molecular weight is 548 g/mol. The molecule has 2 bridgehead atoms. The number of piperidine rings is 1. The highest BCUT2D eigenvalue weighted by atomic mass is 16.2. The van der Waals surface area contributed by atoms with E-state index in [2.05, 4.69) is 61.2 Å². The number of fused-ring (bicyclic) bond motifs is 3. The highest BCUT2D eigenvalue weighted by Crippen LogP contribution is 2.36. The number of anilines is 2. The smallest absolute Gasteiger partial charge is 0.219 e. The van der Waals surface area contributed by atoms with Gasteiger partial charge in [0, 0.05) is 94.0 Å². The number of hydrogen-bond acceptors (Lipinski definition) is 8. The van der Waals surface area contributed by atoms with E-state index in [-0.39, 0.29) is 5.91 Å². The van der Waals surface area contributed by atoms with Crippen LogP contribution in [0.4, 0.5) is 11.5 Å². The van der Waals surface area contributed by atoms with Crippen LogP contribution in [-0.2, 0) is 11.3 Å². The zero-order chi connectivity index (χ0) is 28.1. The maximum atomic E-state index is 11.8. The van der Waals surface area contributed by atoms with Crippen molar-refractivity contribution in [3.8, 4) is 17.2 Å². The van der Waals surface area contributed by atoms with Gasteiger partial charge in [-0.3, -0.25) is 14.7 Å². The first kappa shape index (κ1) is 25.5. The van der Waals surface area contributed by atoms with Gasteiger partial charge in [-0.1, -0.05) is 6.07 Å². The van der Waals surface area contributed by atoms with Crippen molar-refractivity contribution < 1.29 is 4.79 Å². The van der Waals surface area contributed by atoms with E-state index in [0.717, 1.165) is 66.6 Å². The molecule has 2 atom stereocenters. The second kappa shape index (κ2) is 10.2. The van der Waals surface area contributed by atoms with Crippen LogP contribution in [0.3, 0.4) is 0 Å². The van der Waals surface area contributed by atoms with E-state index in [1.807, 2.05) is 30.4 Å². The Balaban J connectivity index is 1.11. The summed E-state index contributed by atoms with van der Waals surface area (Å²) in [6, 6.07) is 14.0. The monoisotopic (exact) mass is 547 g/mol. The summed E-state index contributed by atoms with van der Waals surface area (Å²) < 4.78 is 1.80. The van der Waals surface area contributed by atoms with E-state index >= 15 is 0 Å². The fourth-order valence-electron chi connectivity index (χ4n) is 6.53. The van der Waals surface area contributed by atoms with Gasteiger partial charge in [0.1, 0.15) is 11.9 Å². The Morgan fingerprint density at radius 2 is 1.80 bits per heavy atom. The number of piperazine rings is 2. The lowest BCUT2D eigenvalue weighted by molar-refractivity contribution is -0.129. The Morgan fingerprint density at radius 1 is 1.00 bits per heavy atom. The molecule has 8 heterocycles. The molecule has 208 valence electrons. The lowest BCUT2D eigenvalue weighted by Crippen LogP contribution is -2.68. The van der Waals surface area contributed by atoms with Crippen molar-refractivity contribution in [3.05, 3.63) is 71.9 Å². The van der Waals surface area contributed by atoms with Crippen molar-refractivity contribution in [1.82, 2.24) is 29.4 Å².